The fourth-order valence-corrected chi connectivity index (χ4v) is 2.01. The van der Waals surface area contributed by atoms with Crippen LogP contribution < -0.4 is 5.11 Å². The van der Waals surface area contributed by atoms with E-state index in [0.29, 0.717) is 16.6 Å². The number of nitrogens with one attached hydrogen (secondary N) is 1. The highest BCUT2D eigenvalue weighted by Gasteiger charge is 2.11. The summed E-state index contributed by atoms with van der Waals surface area (Å²) >= 11 is 0. The van der Waals surface area contributed by atoms with Crippen molar-refractivity contribution in [3.8, 4) is 5.88 Å². The van der Waals surface area contributed by atoms with Gasteiger partial charge in [-0.05, 0) is 35.9 Å². The standard InChI is InChI=1S/C15H10FN3O3/c16-9-3-6-12-11(7-9)13(14(20)17-12)19-18-10-4-1-8(2-5-10)15(21)22/h1-7,17,20H,(H,21,22)/p-1. The average molecular weight is 298 g/mol. The van der Waals surface area contributed by atoms with E-state index >= 15 is 0 Å². The van der Waals surface area contributed by atoms with Gasteiger partial charge in [-0.2, -0.15) is 5.11 Å². The summed E-state index contributed by atoms with van der Waals surface area (Å²) in [5, 5.41) is 28.6. The lowest BCUT2D eigenvalue weighted by molar-refractivity contribution is -0.255. The normalized spacial score (nSPS) is 11.3. The van der Waals surface area contributed by atoms with Crippen LogP contribution in [-0.2, 0) is 0 Å². The van der Waals surface area contributed by atoms with Crippen LogP contribution in [0.15, 0.2) is 52.7 Å². The molecule has 3 aromatic rings. The highest BCUT2D eigenvalue weighted by Crippen LogP contribution is 2.36. The van der Waals surface area contributed by atoms with Gasteiger partial charge >= 0.3 is 0 Å². The fourth-order valence-electron chi connectivity index (χ4n) is 2.01. The third-order valence-electron chi connectivity index (χ3n) is 3.08. The zero-order chi connectivity index (χ0) is 15.7. The van der Waals surface area contributed by atoms with Crippen molar-refractivity contribution in [2.75, 3.05) is 0 Å². The number of rotatable bonds is 3. The van der Waals surface area contributed by atoms with Crippen molar-refractivity contribution < 1.29 is 19.4 Å². The molecule has 22 heavy (non-hydrogen) atoms. The first-order chi connectivity index (χ1) is 10.5. The second kappa shape index (κ2) is 5.28. The van der Waals surface area contributed by atoms with Crippen molar-refractivity contribution in [3.05, 3.63) is 53.8 Å². The number of nitrogens with zero attached hydrogens (tertiary/aromatic N) is 2. The molecule has 1 aromatic heterocycles. The van der Waals surface area contributed by atoms with Gasteiger partial charge in [0.05, 0.1) is 17.2 Å². The summed E-state index contributed by atoms with van der Waals surface area (Å²) in [6.07, 6.45) is 0. The molecule has 3 rings (SSSR count). The Kier molecular flexibility index (Phi) is 3.30. The Morgan fingerprint density at radius 2 is 1.86 bits per heavy atom. The maximum absolute atomic E-state index is 13.3. The van der Waals surface area contributed by atoms with Crippen molar-refractivity contribution in [1.82, 2.24) is 4.98 Å². The Hall–Kier alpha value is -3.22. The van der Waals surface area contributed by atoms with Gasteiger partial charge in [-0.1, -0.05) is 12.1 Å². The van der Waals surface area contributed by atoms with Crippen LogP contribution >= 0.6 is 0 Å². The number of H-pyrrole nitrogens is 1. The molecule has 1 heterocycles. The van der Waals surface area contributed by atoms with Crippen molar-refractivity contribution in [2.45, 2.75) is 0 Å². The highest BCUT2D eigenvalue weighted by molar-refractivity contribution is 5.94. The molecule has 0 saturated heterocycles. The molecular weight excluding hydrogens is 289 g/mol. The smallest absolute Gasteiger partial charge is 0.218 e. The number of halogens is 1. The highest BCUT2D eigenvalue weighted by atomic mass is 19.1. The van der Waals surface area contributed by atoms with Gasteiger partial charge in [0.2, 0.25) is 5.88 Å². The molecule has 0 amide bonds. The van der Waals surface area contributed by atoms with E-state index in [1.165, 1.54) is 42.5 Å². The van der Waals surface area contributed by atoms with E-state index in [0.717, 1.165) is 0 Å². The number of azo groups is 1. The first-order valence-electron chi connectivity index (χ1n) is 6.28. The molecule has 2 aromatic carbocycles. The lowest BCUT2D eigenvalue weighted by atomic mass is 10.2. The van der Waals surface area contributed by atoms with E-state index < -0.39 is 11.8 Å². The summed E-state index contributed by atoms with van der Waals surface area (Å²) in [6.45, 7) is 0. The molecule has 0 aliphatic heterocycles. The number of carboxylic acids is 1. The minimum atomic E-state index is -1.28. The van der Waals surface area contributed by atoms with Gasteiger partial charge in [-0.25, -0.2) is 4.39 Å². The van der Waals surface area contributed by atoms with Crippen molar-refractivity contribution in [2.24, 2.45) is 10.2 Å². The third-order valence-corrected chi connectivity index (χ3v) is 3.08. The van der Waals surface area contributed by atoms with Crippen LogP contribution in [0.5, 0.6) is 5.88 Å². The van der Waals surface area contributed by atoms with Crippen LogP contribution in [0.4, 0.5) is 15.8 Å². The summed E-state index contributed by atoms with van der Waals surface area (Å²) in [4.78, 5) is 13.3. The van der Waals surface area contributed by atoms with E-state index in [1.54, 1.807) is 0 Å². The van der Waals surface area contributed by atoms with Gasteiger partial charge in [0.15, 0.2) is 5.69 Å². The summed E-state index contributed by atoms with van der Waals surface area (Å²) in [7, 11) is 0. The topological polar surface area (TPSA) is 101 Å². The maximum Gasteiger partial charge on any atom is 0.218 e. The Balaban J connectivity index is 1.96. The van der Waals surface area contributed by atoms with E-state index in [-0.39, 0.29) is 17.1 Å². The molecule has 7 heteroatoms. The number of fused-ring (bicyclic) bond motifs is 1. The number of carbonyl (C=O) groups is 1. The second-order valence-electron chi connectivity index (χ2n) is 4.55. The number of benzene rings is 2. The molecule has 2 N–H and O–H groups in total. The lowest BCUT2D eigenvalue weighted by Crippen LogP contribution is -2.21. The summed E-state index contributed by atoms with van der Waals surface area (Å²) < 4.78 is 13.3. The number of aromatic hydroxyl groups is 1. The lowest BCUT2D eigenvalue weighted by Gasteiger charge is -2.00. The second-order valence-corrected chi connectivity index (χ2v) is 4.55. The van der Waals surface area contributed by atoms with Gasteiger partial charge < -0.3 is 20.0 Å². The van der Waals surface area contributed by atoms with Crippen LogP contribution in [0, 0.1) is 5.82 Å². The first kappa shape index (κ1) is 13.7. The zero-order valence-electron chi connectivity index (χ0n) is 11.1. The molecule has 0 spiro atoms. The van der Waals surface area contributed by atoms with E-state index in [1.807, 2.05) is 0 Å². The molecule has 0 atom stereocenters. The van der Waals surface area contributed by atoms with Crippen LogP contribution in [0.25, 0.3) is 10.9 Å². The Morgan fingerprint density at radius 3 is 2.55 bits per heavy atom. The summed E-state index contributed by atoms with van der Waals surface area (Å²) in [5.41, 5.74) is 1.05. The number of aromatic amines is 1. The first-order valence-corrected chi connectivity index (χ1v) is 6.28. The van der Waals surface area contributed by atoms with Crippen LogP contribution in [0.2, 0.25) is 0 Å². The average Bonchev–Trinajstić information content (AvgIpc) is 2.80. The van der Waals surface area contributed by atoms with Crippen molar-refractivity contribution in [3.63, 3.8) is 0 Å². The minimum Gasteiger partial charge on any atom is -0.545 e. The van der Waals surface area contributed by atoms with Crippen LogP contribution in [0.3, 0.4) is 0 Å². The number of hydrogen-bond donors (Lipinski definition) is 2. The molecule has 0 bridgehead atoms. The molecule has 0 radical (unpaired) electrons. The Morgan fingerprint density at radius 1 is 1.14 bits per heavy atom. The summed E-state index contributed by atoms with van der Waals surface area (Å²) in [5.74, 6) is -1.97. The number of carbonyl (C=O) groups excluding carboxylic acids is 1. The molecular formula is C15H9FN3O3-. The molecule has 110 valence electrons. The Labute approximate surface area is 123 Å². The van der Waals surface area contributed by atoms with Crippen molar-refractivity contribution >= 4 is 28.2 Å². The quantitative estimate of drug-likeness (QED) is 0.727. The molecule has 0 saturated carbocycles. The van der Waals surface area contributed by atoms with Gasteiger partial charge in [-0.15, -0.1) is 5.11 Å². The SMILES string of the molecule is O=C([O-])c1ccc(N=Nc2c(O)[nH]c3ccc(F)cc23)cc1. The van der Waals surface area contributed by atoms with E-state index in [9.17, 15) is 19.4 Å². The van der Waals surface area contributed by atoms with Gasteiger partial charge in [0.1, 0.15) is 5.82 Å². The molecule has 0 unspecified atom stereocenters. The predicted octanol–water partition coefficient (Wildman–Crippen LogP) is 2.79. The predicted molar refractivity (Wildman–Crippen MR) is 74.9 cm³/mol. The monoisotopic (exact) mass is 298 g/mol. The number of hydrogen-bond acceptors (Lipinski definition) is 5. The maximum atomic E-state index is 13.3. The van der Waals surface area contributed by atoms with Gasteiger partial charge in [0, 0.05) is 5.39 Å². The number of carboxylic acid groups (broad SMARTS) is 1. The fraction of sp³-hybridized carbons (Fsp3) is 0. The molecule has 0 aliphatic rings. The molecule has 0 fully saturated rings. The van der Waals surface area contributed by atoms with Crippen molar-refractivity contribution in [1.29, 1.82) is 0 Å². The zero-order valence-corrected chi connectivity index (χ0v) is 11.1. The van der Waals surface area contributed by atoms with Crippen LogP contribution in [0.1, 0.15) is 10.4 Å². The van der Waals surface area contributed by atoms with E-state index in [2.05, 4.69) is 15.2 Å². The van der Waals surface area contributed by atoms with E-state index in [4.69, 9.17) is 0 Å². The minimum absolute atomic E-state index is 0.0240. The van der Waals surface area contributed by atoms with Crippen LogP contribution in [-0.4, -0.2) is 16.1 Å². The largest absolute Gasteiger partial charge is 0.545 e. The molecule has 6 nitrogen and oxygen atoms in total. The Bertz CT molecular complexity index is 885. The van der Waals surface area contributed by atoms with Gasteiger partial charge in [0.25, 0.3) is 0 Å². The molecule has 0 aliphatic carbocycles. The summed E-state index contributed by atoms with van der Waals surface area (Å²) in [6, 6.07) is 9.54. The van der Waals surface area contributed by atoms with Gasteiger partial charge in [-0.3, -0.25) is 0 Å². The number of aromatic carboxylic acids is 1. The number of aromatic nitrogens is 1. The third kappa shape index (κ3) is 2.51.